The number of aromatic hydroxyl groups is 1. The van der Waals surface area contributed by atoms with Gasteiger partial charge in [-0.3, -0.25) is 4.79 Å². The molecule has 0 aromatic heterocycles. The molecular formula is C13H13NO3. The minimum absolute atomic E-state index is 0.0641. The number of benzene rings is 1. The molecule has 0 aliphatic carbocycles. The van der Waals surface area contributed by atoms with E-state index >= 15 is 0 Å². The molecule has 1 aromatic carbocycles. The van der Waals surface area contributed by atoms with Crippen LogP contribution >= 0.6 is 0 Å². The van der Waals surface area contributed by atoms with Crippen molar-refractivity contribution in [2.75, 3.05) is 6.61 Å². The summed E-state index contributed by atoms with van der Waals surface area (Å²) in [4.78, 5) is 11.0. The number of carbonyl (C=O) groups is 1. The average molecular weight is 231 g/mol. The Hall–Kier alpha value is -2.28. The topological polar surface area (TPSA) is 70.3 Å². The van der Waals surface area contributed by atoms with Gasteiger partial charge in [0, 0.05) is 0 Å². The number of phenolic OH excluding ortho intramolecular Hbond substituents is 1. The summed E-state index contributed by atoms with van der Waals surface area (Å²) in [6, 6.07) is 6.56. The molecule has 88 valence electrons. The average Bonchev–Trinajstić information content (AvgIpc) is 2.29. The van der Waals surface area contributed by atoms with Crippen LogP contribution in [-0.2, 0) is 9.53 Å². The molecule has 1 N–H and O–H groups in total. The summed E-state index contributed by atoms with van der Waals surface area (Å²) in [7, 11) is 0. The molecule has 0 radical (unpaired) electrons. The zero-order chi connectivity index (χ0) is 12.7. The molecule has 4 heteroatoms. The third kappa shape index (κ3) is 3.99. The van der Waals surface area contributed by atoms with Crippen molar-refractivity contribution in [1.29, 1.82) is 5.26 Å². The van der Waals surface area contributed by atoms with Crippen LogP contribution in [0.4, 0.5) is 0 Å². The number of hydrogen-bond acceptors (Lipinski definition) is 4. The molecule has 0 spiro atoms. The van der Waals surface area contributed by atoms with Crippen molar-refractivity contribution in [3.63, 3.8) is 0 Å². The molecule has 0 amide bonds. The minimum Gasteiger partial charge on any atom is -0.507 e. The molecule has 0 saturated heterocycles. The quantitative estimate of drug-likeness (QED) is 0.806. The molecule has 0 atom stereocenters. The van der Waals surface area contributed by atoms with Crippen LogP contribution in [0.25, 0.3) is 6.08 Å². The van der Waals surface area contributed by atoms with Gasteiger partial charge in [-0.1, -0.05) is 18.2 Å². The summed E-state index contributed by atoms with van der Waals surface area (Å²) in [5.74, 6) is -0.354. The van der Waals surface area contributed by atoms with Crippen molar-refractivity contribution in [2.45, 2.75) is 13.3 Å². The zero-order valence-corrected chi connectivity index (χ0v) is 9.51. The summed E-state index contributed by atoms with van der Waals surface area (Å²) >= 11 is 0. The first-order valence-electron chi connectivity index (χ1n) is 5.22. The van der Waals surface area contributed by atoms with E-state index in [1.807, 2.05) is 6.07 Å². The van der Waals surface area contributed by atoms with Crippen LogP contribution in [0.5, 0.6) is 5.75 Å². The number of hydrogen-bond donors (Lipinski definition) is 1. The molecule has 1 rings (SSSR count). The monoisotopic (exact) mass is 231 g/mol. The molecule has 0 saturated carbocycles. The first kappa shape index (κ1) is 12.8. The molecule has 0 aliphatic heterocycles. The second-order valence-corrected chi connectivity index (χ2v) is 3.30. The lowest BCUT2D eigenvalue weighted by molar-refractivity contribution is -0.142. The molecular weight excluding hydrogens is 218 g/mol. The van der Waals surface area contributed by atoms with Gasteiger partial charge < -0.3 is 9.84 Å². The highest BCUT2D eigenvalue weighted by atomic mass is 16.5. The third-order valence-corrected chi connectivity index (χ3v) is 2.04. The largest absolute Gasteiger partial charge is 0.507 e. The Labute approximate surface area is 99.8 Å². The van der Waals surface area contributed by atoms with E-state index in [0.717, 1.165) is 5.56 Å². The number of ether oxygens (including phenoxy) is 1. The molecule has 0 bridgehead atoms. The molecule has 0 heterocycles. The summed E-state index contributed by atoms with van der Waals surface area (Å²) in [5, 5.41) is 18.1. The Morgan fingerprint density at radius 2 is 2.35 bits per heavy atom. The van der Waals surface area contributed by atoms with E-state index in [-0.39, 0.29) is 23.7 Å². The van der Waals surface area contributed by atoms with Gasteiger partial charge in [0.2, 0.25) is 0 Å². The fraction of sp³-hybridized carbons (Fsp3) is 0.231. The molecule has 1 aromatic rings. The number of phenols is 1. The predicted octanol–water partition coefficient (Wildman–Crippen LogP) is 2.23. The lowest BCUT2D eigenvalue weighted by Crippen LogP contribution is -2.01. The van der Waals surface area contributed by atoms with Gasteiger partial charge in [-0.05, 0) is 24.6 Å². The maximum atomic E-state index is 11.0. The first-order valence-corrected chi connectivity index (χ1v) is 5.22. The standard InChI is InChI=1S/C13H13NO3/c1-2-17-13(16)5-3-4-10-6-7-11(9-14)12(15)8-10/h3-4,6-8,15H,2,5H2,1H3. The Kier molecular flexibility index (Phi) is 4.77. The van der Waals surface area contributed by atoms with Crippen molar-refractivity contribution in [1.82, 2.24) is 0 Å². The molecule has 0 unspecified atom stereocenters. The smallest absolute Gasteiger partial charge is 0.309 e. The van der Waals surface area contributed by atoms with Gasteiger partial charge in [-0.15, -0.1) is 0 Å². The van der Waals surface area contributed by atoms with Gasteiger partial charge in [0.25, 0.3) is 0 Å². The molecule has 0 aliphatic rings. The summed E-state index contributed by atoms with van der Waals surface area (Å²) < 4.78 is 4.76. The number of carbonyl (C=O) groups excluding carboxylic acids is 1. The van der Waals surface area contributed by atoms with Crippen LogP contribution in [0.2, 0.25) is 0 Å². The van der Waals surface area contributed by atoms with Crippen molar-refractivity contribution in [2.24, 2.45) is 0 Å². The second kappa shape index (κ2) is 6.33. The maximum Gasteiger partial charge on any atom is 0.309 e. The van der Waals surface area contributed by atoms with E-state index in [1.54, 1.807) is 25.1 Å². The fourth-order valence-corrected chi connectivity index (χ4v) is 1.26. The number of nitrogens with zero attached hydrogens (tertiary/aromatic N) is 1. The Balaban J connectivity index is 2.64. The normalized spacial score (nSPS) is 10.1. The van der Waals surface area contributed by atoms with Crippen molar-refractivity contribution < 1.29 is 14.6 Å². The number of rotatable bonds is 4. The van der Waals surface area contributed by atoms with E-state index in [4.69, 9.17) is 10.00 Å². The van der Waals surface area contributed by atoms with Gasteiger partial charge in [-0.25, -0.2) is 0 Å². The molecule has 0 fully saturated rings. The van der Waals surface area contributed by atoms with Crippen LogP contribution in [-0.4, -0.2) is 17.7 Å². The highest BCUT2D eigenvalue weighted by Crippen LogP contribution is 2.18. The molecule has 17 heavy (non-hydrogen) atoms. The number of nitriles is 1. The Morgan fingerprint density at radius 1 is 1.59 bits per heavy atom. The summed E-state index contributed by atoms with van der Waals surface area (Å²) in [5.41, 5.74) is 0.957. The lowest BCUT2D eigenvalue weighted by Gasteiger charge is -1.98. The van der Waals surface area contributed by atoms with Gasteiger partial charge in [-0.2, -0.15) is 5.26 Å². The van der Waals surface area contributed by atoms with E-state index in [0.29, 0.717) is 6.61 Å². The van der Waals surface area contributed by atoms with Crippen LogP contribution < -0.4 is 0 Å². The van der Waals surface area contributed by atoms with E-state index < -0.39 is 0 Å². The Morgan fingerprint density at radius 3 is 2.94 bits per heavy atom. The second-order valence-electron chi connectivity index (χ2n) is 3.30. The van der Waals surface area contributed by atoms with E-state index in [9.17, 15) is 9.90 Å². The predicted molar refractivity (Wildman–Crippen MR) is 63.1 cm³/mol. The van der Waals surface area contributed by atoms with Gasteiger partial charge in [0.15, 0.2) is 0 Å². The highest BCUT2D eigenvalue weighted by molar-refractivity contribution is 5.72. The van der Waals surface area contributed by atoms with E-state index in [1.165, 1.54) is 12.1 Å². The van der Waals surface area contributed by atoms with Crippen molar-refractivity contribution in [3.05, 3.63) is 35.4 Å². The highest BCUT2D eigenvalue weighted by Gasteiger charge is 2.00. The summed E-state index contributed by atoms with van der Waals surface area (Å²) in [6.07, 6.45) is 3.53. The SMILES string of the molecule is CCOC(=O)CC=Cc1ccc(C#N)c(O)c1. The summed E-state index contributed by atoms with van der Waals surface area (Å²) in [6.45, 7) is 2.12. The molecule has 4 nitrogen and oxygen atoms in total. The van der Waals surface area contributed by atoms with Gasteiger partial charge in [0.05, 0.1) is 18.6 Å². The van der Waals surface area contributed by atoms with Gasteiger partial charge in [0.1, 0.15) is 11.8 Å². The van der Waals surface area contributed by atoms with Crippen LogP contribution in [0.3, 0.4) is 0 Å². The fourth-order valence-electron chi connectivity index (χ4n) is 1.26. The van der Waals surface area contributed by atoms with E-state index in [2.05, 4.69) is 0 Å². The minimum atomic E-state index is -0.290. The lowest BCUT2D eigenvalue weighted by atomic mass is 10.1. The third-order valence-electron chi connectivity index (χ3n) is 2.04. The van der Waals surface area contributed by atoms with Crippen LogP contribution in [0.1, 0.15) is 24.5 Å². The maximum absolute atomic E-state index is 11.0. The van der Waals surface area contributed by atoms with Crippen molar-refractivity contribution >= 4 is 12.0 Å². The van der Waals surface area contributed by atoms with Crippen LogP contribution in [0, 0.1) is 11.3 Å². The van der Waals surface area contributed by atoms with Gasteiger partial charge >= 0.3 is 5.97 Å². The zero-order valence-electron chi connectivity index (χ0n) is 9.51. The first-order chi connectivity index (χ1) is 8.17. The Bertz CT molecular complexity index is 472. The number of esters is 1. The van der Waals surface area contributed by atoms with Crippen LogP contribution in [0.15, 0.2) is 24.3 Å². The van der Waals surface area contributed by atoms with Crippen molar-refractivity contribution in [3.8, 4) is 11.8 Å².